The predicted octanol–water partition coefficient (Wildman–Crippen LogP) is 3.91. The second-order valence-electron chi connectivity index (χ2n) is 11.6. The molecule has 1 heterocycles. The second-order valence-corrected chi connectivity index (χ2v) is 16.3. The number of rotatable bonds is 15. The molecule has 0 atom stereocenters. The van der Waals surface area contributed by atoms with Gasteiger partial charge in [0.15, 0.2) is 17.3 Å². The molecule has 1 aliphatic carbocycles. The maximum absolute atomic E-state index is 16.5. The minimum Gasteiger partial charge on any atom is -0.478 e. The molecule has 0 unspecified atom stereocenters. The van der Waals surface area contributed by atoms with Crippen LogP contribution in [-0.2, 0) is 9.47 Å². The van der Waals surface area contributed by atoms with Gasteiger partial charge < -0.3 is 25.6 Å². The third-order valence-electron chi connectivity index (χ3n) is 8.06. The molecule has 2 aromatic carbocycles. The molecule has 1 amide bonds. The molecule has 8 nitrogen and oxygen atoms in total. The maximum atomic E-state index is 16.5. The van der Waals surface area contributed by atoms with E-state index in [-0.39, 0.29) is 25.3 Å². The van der Waals surface area contributed by atoms with Gasteiger partial charge in [-0.05, 0) is 58.1 Å². The predicted molar refractivity (Wildman–Crippen MR) is 175 cm³/mol. The van der Waals surface area contributed by atoms with Crippen LogP contribution < -0.4 is 21.6 Å². The van der Waals surface area contributed by atoms with Gasteiger partial charge in [0.25, 0.3) is 5.91 Å². The topological polar surface area (TPSA) is 136 Å². The van der Waals surface area contributed by atoms with Gasteiger partial charge in [0.1, 0.15) is 25.0 Å². The summed E-state index contributed by atoms with van der Waals surface area (Å²) in [4.78, 5) is 25.5. The molecule has 0 saturated carbocycles. The van der Waals surface area contributed by atoms with Crippen LogP contribution in [0.25, 0.3) is 5.57 Å². The van der Waals surface area contributed by atoms with Crippen molar-refractivity contribution in [3.63, 3.8) is 0 Å². The molecule has 246 valence electrons. The molecule has 46 heavy (non-hydrogen) atoms. The Hall–Kier alpha value is -3.71. The first-order chi connectivity index (χ1) is 21.9. The number of carboxylic acids is 1. The Kier molecular flexibility index (Phi) is 11.7. The average molecular weight is 677 g/mol. The Morgan fingerprint density at radius 2 is 1.63 bits per heavy atom. The summed E-state index contributed by atoms with van der Waals surface area (Å²) < 4.78 is 58.3. The van der Waals surface area contributed by atoms with Gasteiger partial charge in [-0.3, -0.25) is 10.2 Å². The lowest BCUT2D eigenvalue weighted by Gasteiger charge is -2.37. The Morgan fingerprint density at radius 3 is 2.33 bits per heavy atom. The molecule has 0 fully saturated rings. The lowest BCUT2D eigenvalue weighted by molar-refractivity contribution is -0.110. The van der Waals surface area contributed by atoms with Gasteiger partial charge in [-0.15, -0.1) is 11.6 Å². The number of halogens is 4. The van der Waals surface area contributed by atoms with Crippen LogP contribution in [0.5, 0.6) is 0 Å². The van der Waals surface area contributed by atoms with E-state index in [1.54, 1.807) is 36.4 Å². The summed E-state index contributed by atoms with van der Waals surface area (Å²) >= 11 is 5.65. The molecule has 2 aliphatic rings. The average Bonchev–Trinajstić information content (AvgIpc) is 3.00. The molecular formula is C33H38ClF3N3O5Si+. The fourth-order valence-electron chi connectivity index (χ4n) is 5.75. The number of carboxylic acid groups (broad SMARTS) is 1. The maximum Gasteiger partial charge on any atom is 0.339 e. The van der Waals surface area contributed by atoms with E-state index in [2.05, 4.69) is 5.32 Å². The van der Waals surface area contributed by atoms with Crippen molar-refractivity contribution in [3.8, 4) is 0 Å². The zero-order valence-electron chi connectivity index (χ0n) is 25.8. The fourth-order valence-corrected chi connectivity index (χ4v) is 9.05. The minimum absolute atomic E-state index is 0.00190. The van der Waals surface area contributed by atoms with Crippen LogP contribution in [0.3, 0.4) is 0 Å². The van der Waals surface area contributed by atoms with Crippen LogP contribution in [-0.4, -0.2) is 69.6 Å². The summed E-state index contributed by atoms with van der Waals surface area (Å²) in [5.41, 5.74) is 4.56. The van der Waals surface area contributed by atoms with Gasteiger partial charge in [0, 0.05) is 42.4 Å². The molecule has 0 saturated heterocycles. The van der Waals surface area contributed by atoms with Crippen molar-refractivity contribution in [2.75, 3.05) is 44.6 Å². The number of aromatic carboxylic acids is 1. The van der Waals surface area contributed by atoms with Crippen LogP contribution >= 0.6 is 11.6 Å². The van der Waals surface area contributed by atoms with Gasteiger partial charge in [-0.25, -0.2) is 18.0 Å². The summed E-state index contributed by atoms with van der Waals surface area (Å²) in [6, 6.07) is 4.88. The number of hydrogen-bond donors (Lipinski definition) is 4. The molecule has 0 spiro atoms. The van der Waals surface area contributed by atoms with Crippen LogP contribution in [0.4, 0.5) is 18.9 Å². The highest BCUT2D eigenvalue weighted by molar-refractivity contribution is 6.98. The van der Waals surface area contributed by atoms with Crippen molar-refractivity contribution in [3.05, 3.63) is 86.9 Å². The third kappa shape index (κ3) is 7.30. The van der Waals surface area contributed by atoms with E-state index in [4.69, 9.17) is 32.2 Å². The number of unbranched alkanes of at least 4 members (excludes halogenated alkanes) is 3. The number of carbonyl (C=O) groups is 2. The van der Waals surface area contributed by atoms with E-state index in [1.165, 1.54) is 0 Å². The summed E-state index contributed by atoms with van der Waals surface area (Å²) in [7, 11) is -2.56. The molecular weight excluding hydrogens is 639 g/mol. The smallest absolute Gasteiger partial charge is 0.339 e. The lowest BCUT2D eigenvalue weighted by atomic mass is 9.85. The number of allylic oxidation sites excluding steroid dienone is 5. The van der Waals surface area contributed by atoms with E-state index < -0.39 is 54.1 Å². The molecule has 6 N–H and O–H groups in total. The highest BCUT2D eigenvalue weighted by atomic mass is 35.5. The minimum atomic E-state index is -2.56. The van der Waals surface area contributed by atoms with Crippen molar-refractivity contribution < 1.29 is 42.7 Å². The number of benzene rings is 2. The Bertz CT molecular complexity index is 1640. The van der Waals surface area contributed by atoms with Gasteiger partial charge in [0.2, 0.25) is 0 Å². The lowest BCUT2D eigenvalue weighted by Crippen LogP contribution is -2.51. The zero-order valence-corrected chi connectivity index (χ0v) is 27.5. The summed E-state index contributed by atoms with van der Waals surface area (Å²) in [5.74, 6) is -7.78. The molecule has 0 bridgehead atoms. The monoisotopic (exact) mass is 676 g/mol. The van der Waals surface area contributed by atoms with Crippen LogP contribution in [0.15, 0.2) is 47.2 Å². The largest absolute Gasteiger partial charge is 0.478 e. The van der Waals surface area contributed by atoms with Gasteiger partial charge >= 0.3 is 5.97 Å². The number of ether oxygens (including phenoxy) is 2. The van der Waals surface area contributed by atoms with E-state index in [1.807, 2.05) is 13.1 Å². The molecule has 2 aromatic rings. The molecule has 0 aromatic heterocycles. The number of fused-ring (bicyclic) bond motifs is 2. The van der Waals surface area contributed by atoms with Crippen molar-refractivity contribution >= 4 is 53.7 Å². The normalized spacial score (nSPS) is 15.0. The molecule has 0 radical (unpaired) electrons. The van der Waals surface area contributed by atoms with E-state index >= 15 is 13.2 Å². The van der Waals surface area contributed by atoms with Crippen molar-refractivity contribution in [2.45, 2.75) is 38.8 Å². The first kappa shape index (κ1) is 35.1. The first-order valence-electron chi connectivity index (χ1n) is 15.0. The van der Waals surface area contributed by atoms with Crippen molar-refractivity contribution in [1.82, 2.24) is 5.32 Å². The van der Waals surface area contributed by atoms with Gasteiger partial charge in [-0.1, -0.05) is 32.0 Å². The van der Waals surface area contributed by atoms with Crippen LogP contribution in [0.2, 0.25) is 13.1 Å². The molecule has 1 aliphatic heterocycles. The first-order valence-corrected chi connectivity index (χ1v) is 18.6. The number of alkyl halides is 1. The van der Waals surface area contributed by atoms with Crippen LogP contribution in [0, 0.1) is 17.5 Å². The summed E-state index contributed by atoms with van der Waals surface area (Å²) in [6.07, 6.45) is 8.81. The van der Waals surface area contributed by atoms with Crippen molar-refractivity contribution in [2.24, 2.45) is 0 Å². The Balaban J connectivity index is 1.63. The van der Waals surface area contributed by atoms with Crippen LogP contribution in [0.1, 0.15) is 57.5 Å². The van der Waals surface area contributed by atoms with E-state index in [0.29, 0.717) is 41.6 Å². The van der Waals surface area contributed by atoms with Gasteiger partial charge in [0.05, 0.1) is 19.8 Å². The highest BCUT2D eigenvalue weighted by Crippen LogP contribution is 2.44. The SMILES string of the molecule is C[Si]1(C)C2=CC(=[NH2+])C=CC2=C(c2c(F)c(C(=O)NCCOCCOCCCCCCCl)c(F)c(F)c2C(=O)O)c2ccc(N)cc21. The van der Waals surface area contributed by atoms with Gasteiger partial charge in [-0.2, -0.15) is 0 Å². The quantitative estimate of drug-likeness (QED) is 0.0743. The standard InChI is InChI=1S/C33H37ClF3N3O5Si/c1-46(2)23-17-19(38)7-9-21(23)25(22-10-8-20(39)18-24(22)46)26-27(33(42)43)30(36)31(37)28(29(26)35)32(41)40-12-14-45-16-15-44-13-6-4-3-5-11-34/h7-10,17-18,38H,3-6,11-16,39H2,1-2H3,(H,40,41)(H,42,43)/p+1. The zero-order chi connectivity index (χ0) is 33.6. The number of nitrogen functional groups attached to an aromatic ring is 1. The number of nitrogens with one attached hydrogen (secondary N) is 1. The number of carbonyl (C=O) groups excluding carboxylic acids is 1. The molecule has 4 rings (SSSR count). The second kappa shape index (κ2) is 15.3. The van der Waals surface area contributed by atoms with Crippen molar-refractivity contribution in [1.29, 1.82) is 0 Å². The molecule has 13 heteroatoms. The highest BCUT2D eigenvalue weighted by Gasteiger charge is 2.43. The third-order valence-corrected chi connectivity index (χ3v) is 11.8. The van der Waals surface area contributed by atoms with E-state index in [0.717, 1.165) is 36.1 Å². The fraction of sp³-hybridized carbons (Fsp3) is 0.364. The number of amides is 1. The number of hydrogen-bond acceptors (Lipinski definition) is 5. The number of nitrogens with two attached hydrogens (primary N) is 2. The Labute approximate surface area is 271 Å². The number of anilines is 1. The summed E-state index contributed by atoms with van der Waals surface area (Å²) in [6.45, 7) is 5.05. The summed E-state index contributed by atoms with van der Waals surface area (Å²) in [5, 5.41) is 19.9. The Morgan fingerprint density at radius 1 is 0.957 bits per heavy atom. The van der Waals surface area contributed by atoms with E-state index in [9.17, 15) is 14.7 Å².